The van der Waals surface area contributed by atoms with Crippen LogP contribution in [0.4, 0.5) is 17.6 Å². The molecular weight excluding hydrogens is 367 g/mol. The van der Waals surface area contributed by atoms with E-state index in [9.17, 15) is 17.6 Å². The zero-order valence-electron chi connectivity index (χ0n) is 13.9. The van der Waals surface area contributed by atoms with Crippen molar-refractivity contribution < 1.29 is 17.6 Å². The Balaban J connectivity index is 0.00000264. The van der Waals surface area contributed by atoms with Crippen LogP contribution in [0.2, 0.25) is 0 Å². The highest BCUT2D eigenvalue weighted by molar-refractivity contribution is 5.85. The Morgan fingerprint density at radius 1 is 1.00 bits per heavy atom. The fourth-order valence-corrected chi connectivity index (χ4v) is 3.13. The van der Waals surface area contributed by atoms with E-state index in [0.29, 0.717) is 11.6 Å². The van der Waals surface area contributed by atoms with E-state index >= 15 is 0 Å². The van der Waals surface area contributed by atoms with Crippen LogP contribution >= 0.6 is 24.8 Å². The number of hydrogen-bond acceptors (Lipinski definition) is 2. The molecule has 1 atom stereocenters. The second kappa shape index (κ2) is 8.70. The Morgan fingerprint density at radius 3 is 2.00 bits per heavy atom. The van der Waals surface area contributed by atoms with Gasteiger partial charge in [-0.05, 0) is 29.2 Å². The van der Waals surface area contributed by atoms with Gasteiger partial charge < -0.3 is 5.32 Å². The van der Waals surface area contributed by atoms with E-state index < -0.39 is 17.6 Å². The summed E-state index contributed by atoms with van der Waals surface area (Å²) in [4.78, 5) is 2.13. The van der Waals surface area contributed by atoms with E-state index in [1.165, 1.54) is 6.07 Å². The minimum Gasteiger partial charge on any atom is -0.314 e. The van der Waals surface area contributed by atoms with Crippen LogP contribution in [0.3, 0.4) is 0 Å². The second-order valence-electron chi connectivity index (χ2n) is 6.83. The van der Waals surface area contributed by atoms with Gasteiger partial charge in [-0.3, -0.25) is 4.90 Å². The molecule has 0 amide bonds. The minimum atomic E-state index is -4.54. The van der Waals surface area contributed by atoms with Crippen molar-refractivity contribution in [2.45, 2.75) is 33.0 Å². The smallest absolute Gasteiger partial charge is 0.314 e. The van der Waals surface area contributed by atoms with E-state index in [0.717, 1.165) is 32.2 Å². The first-order chi connectivity index (χ1) is 10.1. The van der Waals surface area contributed by atoms with Gasteiger partial charge in [-0.25, -0.2) is 4.39 Å². The number of rotatable bonds is 2. The molecule has 1 aromatic rings. The summed E-state index contributed by atoms with van der Waals surface area (Å²) in [7, 11) is 0. The molecule has 1 aliphatic rings. The molecule has 2 nitrogen and oxygen atoms in total. The summed E-state index contributed by atoms with van der Waals surface area (Å²) in [5, 5.41) is 3.22. The van der Waals surface area contributed by atoms with E-state index in [1.807, 2.05) is 20.8 Å². The van der Waals surface area contributed by atoms with Crippen LogP contribution < -0.4 is 5.32 Å². The van der Waals surface area contributed by atoms with Crippen LogP contribution in [-0.2, 0) is 6.18 Å². The third kappa shape index (κ3) is 5.76. The molecule has 140 valence electrons. The first-order valence-corrected chi connectivity index (χ1v) is 7.41. The Bertz CT molecular complexity index is 524. The monoisotopic (exact) mass is 390 g/mol. The van der Waals surface area contributed by atoms with Gasteiger partial charge in [0.15, 0.2) is 0 Å². The summed E-state index contributed by atoms with van der Waals surface area (Å²) < 4.78 is 52.6. The van der Waals surface area contributed by atoms with Crippen molar-refractivity contribution in [2.75, 3.05) is 26.2 Å². The predicted octanol–water partition coefficient (Wildman–Crippen LogP) is 4.68. The molecule has 2 rings (SSSR count). The second-order valence-corrected chi connectivity index (χ2v) is 6.83. The molecule has 1 saturated heterocycles. The molecule has 0 unspecified atom stereocenters. The molecule has 0 bridgehead atoms. The Kier molecular flexibility index (Phi) is 8.49. The molecule has 0 aliphatic carbocycles. The number of nitrogens with zero attached hydrogens (tertiary/aromatic N) is 1. The maximum atomic E-state index is 13.7. The first-order valence-electron chi connectivity index (χ1n) is 7.41. The highest BCUT2D eigenvalue weighted by Crippen LogP contribution is 2.40. The van der Waals surface area contributed by atoms with Crippen molar-refractivity contribution in [3.63, 3.8) is 0 Å². The van der Waals surface area contributed by atoms with Gasteiger partial charge in [0.25, 0.3) is 0 Å². The van der Waals surface area contributed by atoms with Gasteiger partial charge in [-0.2, -0.15) is 13.2 Å². The van der Waals surface area contributed by atoms with Crippen molar-refractivity contribution in [1.29, 1.82) is 0 Å². The largest absolute Gasteiger partial charge is 0.416 e. The van der Waals surface area contributed by atoms with Crippen molar-refractivity contribution in [3.05, 3.63) is 35.1 Å². The summed E-state index contributed by atoms with van der Waals surface area (Å²) >= 11 is 0. The number of piperazine rings is 1. The lowest BCUT2D eigenvalue weighted by atomic mass is 9.80. The highest BCUT2D eigenvalue weighted by atomic mass is 35.5. The molecule has 1 heterocycles. The standard InChI is InChI=1S/C16H22F4N2.2ClH/c1-15(2,3)14(22-6-4-21-5-7-22)11-8-12(16(18,19)20)10-13(17)9-11;;/h8-10,14,21H,4-7H2,1-3H3;2*1H/t14-;;/m0../s1. The molecule has 8 heteroatoms. The fourth-order valence-electron chi connectivity index (χ4n) is 3.13. The Hall–Kier alpha value is -0.560. The average molecular weight is 391 g/mol. The molecule has 1 fully saturated rings. The maximum absolute atomic E-state index is 13.7. The lowest BCUT2D eigenvalue weighted by Gasteiger charge is -2.42. The van der Waals surface area contributed by atoms with E-state index in [-0.39, 0.29) is 36.3 Å². The van der Waals surface area contributed by atoms with Gasteiger partial charge in [-0.15, -0.1) is 24.8 Å². The lowest BCUT2D eigenvalue weighted by Crippen LogP contribution is -2.48. The molecule has 0 radical (unpaired) electrons. The summed E-state index contributed by atoms with van der Waals surface area (Å²) in [5.41, 5.74) is -0.831. The van der Waals surface area contributed by atoms with Crippen molar-refractivity contribution in [2.24, 2.45) is 5.41 Å². The van der Waals surface area contributed by atoms with Crippen molar-refractivity contribution in [1.82, 2.24) is 10.2 Å². The number of nitrogens with one attached hydrogen (secondary N) is 1. The Morgan fingerprint density at radius 2 is 1.54 bits per heavy atom. The number of benzene rings is 1. The van der Waals surface area contributed by atoms with E-state index in [2.05, 4.69) is 10.2 Å². The van der Waals surface area contributed by atoms with Crippen LogP contribution in [-0.4, -0.2) is 31.1 Å². The predicted molar refractivity (Wildman–Crippen MR) is 92.5 cm³/mol. The van der Waals surface area contributed by atoms with Gasteiger partial charge in [0.05, 0.1) is 5.56 Å². The molecule has 0 aromatic heterocycles. The average Bonchev–Trinajstić information content (AvgIpc) is 2.36. The number of hydrogen-bond donors (Lipinski definition) is 1. The molecule has 24 heavy (non-hydrogen) atoms. The summed E-state index contributed by atoms with van der Waals surface area (Å²) in [5.74, 6) is -0.839. The van der Waals surface area contributed by atoms with Crippen LogP contribution in [0.5, 0.6) is 0 Å². The minimum absolute atomic E-state index is 0. The molecule has 1 aliphatic heterocycles. The zero-order chi connectivity index (χ0) is 16.5. The van der Waals surface area contributed by atoms with Gasteiger partial charge in [0, 0.05) is 32.2 Å². The molecule has 1 aromatic carbocycles. The molecular formula is C16H24Cl2F4N2. The molecule has 0 spiro atoms. The fraction of sp³-hybridized carbons (Fsp3) is 0.625. The van der Waals surface area contributed by atoms with Gasteiger partial charge in [-0.1, -0.05) is 20.8 Å². The molecule has 1 N–H and O–H groups in total. The number of halogens is 6. The van der Waals surface area contributed by atoms with E-state index in [4.69, 9.17) is 0 Å². The summed E-state index contributed by atoms with van der Waals surface area (Å²) in [6, 6.07) is 2.61. The van der Waals surface area contributed by atoms with Crippen LogP contribution in [0.1, 0.15) is 37.9 Å². The van der Waals surface area contributed by atoms with Crippen LogP contribution in [0.25, 0.3) is 0 Å². The third-order valence-electron chi connectivity index (χ3n) is 3.90. The quantitative estimate of drug-likeness (QED) is 0.737. The van der Waals surface area contributed by atoms with Gasteiger partial charge in [0.2, 0.25) is 0 Å². The zero-order valence-corrected chi connectivity index (χ0v) is 15.5. The van der Waals surface area contributed by atoms with Gasteiger partial charge >= 0.3 is 6.18 Å². The Labute approximate surface area is 152 Å². The number of alkyl halides is 3. The van der Waals surface area contributed by atoms with Gasteiger partial charge in [0.1, 0.15) is 5.82 Å². The highest BCUT2D eigenvalue weighted by Gasteiger charge is 2.36. The topological polar surface area (TPSA) is 15.3 Å². The van der Waals surface area contributed by atoms with Crippen LogP contribution in [0.15, 0.2) is 18.2 Å². The van der Waals surface area contributed by atoms with E-state index in [1.54, 1.807) is 0 Å². The SMILES string of the molecule is CC(C)(C)[C@H](c1cc(F)cc(C(F)(F)F)c1)N1CCNCC1.Cl.Cl. The summed E-state index contributed by atoms with van der Waals surface area (Å²) in [6.45, 7) is 8.95. The normalized spacial score (nSPS) is 17.6. The maximum Gasteiger partial charge on any atom is 0.416 e. The van der Waals surface area contributed by atoms with Crippen LogP contribution in [0, 0.1) is 11.2 Å². The molecule has 0 saturated carbocycles. The third-order valence-corrected chi connectivity index (χ3v) is 3.90. The van der Waals surface area contributed by atoms with Crippen molar-refractivity contribution in [3.8, 4) is 0 Å². The first kappa shape index (κ1) is 23.4. The van der Waals surface area contributed by atoms with Crippen molar-refractivity contribution >= 4 is 24.8 Å². The summed E-state index contributed by atoms with van der Waals surface area (Å²) in [6.07, 6.45) is -4.54. The lowest BCUT2D eigenvalue weighted by molar-refractivity contribution is -0.137.